The van der Waals surface area contributed by atoms with E-state index in [1.54, 1.807) is 14.2 Å². The van der Waals surface area contributed by atoms with Crippen LogP contribution in [-0.2, 0) is 9.53 Å². The fourth-order valence-corrected chi connectivity index (χ4v) is 3.31. The molecule has 1 aliphatic rings. The summed E-state index contributed by atoms with van der Waals surface area (Å²) in [6.07, 6.45) is 3.52. The third-order valence-electron chi connectivity index (χ3n) is 4.85. The van der Waals surface area contributed by atoms with Crippen LogP contribution in [0.5, 0.6) is 11.5 Å². The molecule has 8 heteroatoms. The second kappa shape index (κ2) is 13.5. The van der Waals surface area contributed by atoms with Crippen LogP contribution in [0.15, 0.2) is 29.3 Å². The Hall–Kier alpha value is -1.71. The van der Waals surface area contributed by atoms with E-state index in [-0.39, 0.29) is 42.0 Å². The number of hydrogen-bond donors (Lipinski definition) is 2. The molecule has 0 bridgehead atoms. The molecule has 0 spiro atoms. The Labute approximate surface area is 191 Å². The summed E-state index contributed by atoms with van der Waals surface area (Å²) < 4.78 is 16.3. The summed E-state index contributed by atoms with van der Waals surface area (Å²) in [5, 5.41) is 6.76. The van der Waals surface area contributed by atoms with Crippen LogP contribution in [0, 0.1) is 5.92 Å². The minimum Gasteiger partial charge on any atom is -0.497 e. The van der Waals surface area contributed by atoms with Gasteiger partial charge in [-0.25, -0.2) is 0 Å². The van der Waals surface area contributed by atoms with Crippen LogP contribution in [-0.4, -0.2) is 51.4 Å². The van der Waals surface area contributed by atoms with Gasteiger partial charge in [-0.15, -0.1) is 24.0 Å². The highest BCUT2D eigenvalue weighted by Crippen LogP contribution is 2.25. The molecule has 0 heterocycles. The number of aliphatic imine (C=N–C) groups is 1. The van der Waals surface area contributed by atoms with Gasteiger partial charge in [-0.1, -0.05) is 6.07 Å². The van der Waals surface area contributed by atoms with Crippen LogP contribution >= 0.6 is 24.0 Å². The van der Waals surface area contributed by atoms with Gasteiger partial charge >= 0.3 is 5.97 Å². The number of halogens is 1. The van der Waals surface area contributed by atoms with E-state index in [4.69, 9.17) is 14.2 Å². The number of methoxy groups -OCH3 is 1. The van der Waals surface area contributed by atoms with E-state index in [1.165, 1.54) is 0 Å². The van der Waals surface area contributed by atoms with Gasteiger partial charge in [-0.2, -0.15) is 0 Å². The van der Waals surface area contributed by atoms with Crippen molar-refractivity contribution in [2.24, 2.45) is 10.9 Å². The summed E-state index contributed by atoms with van der Waals surface area (Å²) in [5.74, 6) is 2.26. The lowest BCUT2D eigenvalue weighted by molar-refractivity contribution is -0.149. The molecule has 1 fully saturated rings. The number of nitrogens with one attached hydrogen (secondary N) is 2. The number of hydrogen-bond acceptors (Lipinski definition) is 5. The molecule has 0 saturated heterocycles. The fourth-order valence-electron chi connectivity index (χ4n) is 3.31. The molecule has 1 aromatic rings. The summed E-state index contributed by atoms with van der Waals surface area (Å²) in [4.78, 5) is 16.1. The first-order valence-corrected chi connectivity index (χ1v) is 10.00. The molecular formula is C21H34IN3O4. The molecule has 1 saturated carbocycles. The van der Waals surface area contributed by atoms with Gasteiger partial charge in [0.1, 0.15) is 17.6 Å². The van der Waals surface area contributed by atoms with Crippen molar-refractivity contribution in [2.75, 3.05) is 27.3 Å². The van der Waals surface area contributed by atoms with Gasteiger partial charge in [0.2, 0.25) is 0 Å². The smallest absolute Gasteiger partial charge is 0.308 e. The van der Waals surface area contributed by atoms with Crippen molar-refractivity contribution in [1.29, 1.82) is 0 Å². The molecule has 0 radical (unpaired) electrons. The molecule has 0 aliphatic heterocycles. The lowest BCUT2D eigenvalue weighted by Crippen LogP contribution is -2.47. The third-order valence-corrected chi connectivity index (χ3v) is 4.85. The van der Waals surface area contributed by atoms with Crippen LogP contribution in [0.3, 0.4) is 0 Å². The van der Waals surface area contributed by atoms with Gasteiger partial charge in [0.15, 0.2) is 5.96 Å². The predicted octanol–water partition coefficient (Wildman–Crippen LogP) is 3.37. The topological polar surface area (TPSA) is 81.2 Å². The van der Waals surface area contributed by atoms with Crippen molar-refractivity contribution in [2.45, 2.75) is 51.7 Å². The summed E-state index contributed by atoms with van der Waals surface area (Å²) >= 11 is 0. The zero-order chi connectivity index (χ0) is 20.4. The Morgan fingerprint density at radius 3 is 2.55 bits per heavy atom. The normalized spacial score (nSPS) is 20.1. The van der Waals surface area contributed by atoms with Crippen molar-refractivity contribution >= 4 is 35.9 Å². The van der Waals surface area contributed by atoms with Crippen LogP contribution in [0.4, 0.5) is 0 Å². The quantitative estimate of drug-likeness (QED) is 0.237. The molecule has 1 aromatic carbocycles. The average Bonchev–Trinajstić information content (AvgIpc) is 2.71. The van der Waals surface area contributed by atoms with Gasteiger partial charge < -0.3 is 24.8 Å². The van der Waals surface area contributed by atoms with Gasteiger partial charge in [0.05, 0.1) is 26.2 Å². The number of rotatable bonds is 8. The molecule has 2 N–H and O–H groups in total. The van der Waals surface area contributed by atoms with E-state index >= 15 is 0 Å². The summed E-state index contributed by atoms with van der Waals surface area (Å²) in [7, 11) is 3.40. The lowest BCUT2D eigenvalue weighted by Gasteiger charge is -2.29. The highest BCUT2D eigenvalue weighted by Gasteiger charge is 2.27. The molecule has 7 nitrogen and oxygen atoms in total. The van der Waals surface area contributed by atoms with E-state index in [0.717, 1.165) is 43.1 Å². The second-order valence-electron chi connectivity index (χ2n) is 7.01. The molecule has 0 amide bonds. The zero-order valence-corrected chi connectivity index (χ0v) is 20.1. The van der Waals surface area contributed by atoms with Crippen molar-refractivity contribution in [1.82, 2.24) is 10.6 Å². The van der Waals surface area contributed by atoms with Crippen molar-refractivity contribution in [3.63, 3.8) is 0 Å². The maximum Gasteiger partial charge on any atom is 0.308 e. The summed E-state index contributed by atoms with van der Waals surface area (Å²) in [5.41, 5.74) is 0. The Kier molecular flexibility index (Phi) is 11.8. The fraction of sp³-hybridized carbons (Fsp3) is 0.619. The SMILES string of the molecule is CCOC(=O)C1CCC(NC(=NC)NCC(C)Oc2cccc(OC)c2)CC1.I. The second-order valence-corrected chi connectivity index (χ2v) is 7.01. The monoisotopic (exact) mass is 519 g/mol. The third kappa shape index (κ3) is 8.67. The molecule has 0 aromatic heterocycles. The largest absolute Gasteiger partial charge is 0.497 e. The number of ether oxygens (including phenoxy) is 3. The molecular weight excluding hydrogens is 485 g/mol. The highest BCUT2D eigenvalue weighted by atomic mass is 127. The molecule has 164 valence electrons. The maximum absolute atomic E-state index is 11.9. The van der Waals surface area contributed by atoms with E-state index in [9.17, 15) is 4.79 Å². The number of carbonyl (C=O) groups excluding carboxylic acids is 1. The average molecular weight is 519 g/mol. The van der Waals surface area contributed by atoms with Crippen molar-refractivity contribution in [3.05, 3.63) is 24.3 Å². The molecule has 1 atom stereocenters. The first-order chi connectivity index (χ1) is 13.5. The minimum absolute atomic E-state index is 0. The Morgan fingerprint density at radius 2 is 1.93 bits per heavy atom. The van der Waals surface area contributed by atoms with Gasteiger partial charge in [0.25, 0.3) is 0 Å². The molecule has 29 heavy (non-hydrogen) atoms. The Balaban J connectivity index is 0.00000420. The van der Waals surface area contributed by atoms with Crippen molar-refractivity contribution in [3.8, 4) is 11.5 Å². The maximum atomic E-state index is 11.9. The van der Waals surface area contributed by atoms with E-state index in [2.05, 4.69) is 15.6 Å². The zero-order valence-electron chi connectivity index (χ0n) is 17.8. The van der Waals surface area contributed by atoms with E-state index < -0.39 is 0 Å². The van der Waals surface area contributed by atoms with Crippen molar-refractivity contribution < 1.29 is 19.0 Å². The first kappa shape index (κ1) is 25.3. The standard InChI is InChI=1S/C21H33N3O4.HI/c1-5-27-20(25)16-9-11-17(12-10-16)24-21(22-3)23-14-15(2)28-19-8-6-7-18(13-19)26-4;/h6-8,13,15-17H,5,9-12,14H2,1-4H3,(H2,22,23,24);1H. The summed E-state index contributed by atoms with van der Waals surface area (Å²) in [6.45, 7) is 4.92. The van der Waals surface area contributed by atoms with Gasteiger partial charge in [-0.3, -0.25) is 9.79 Å². The molecule has 2 rings (SSSR count). The number of esters is 1. The lowest BCUT2D eigenvalue weighted by atomic mass is 9.86. The van der Waals surface area contributed by atoms with Crippen LogP contribution in [0.2, 0.25) is 0 Å². The summed E-state index contributed by atoms with van der Waals surface area (Å²) in [6, 6.07) is 7.88. The van der Waals surface area contributed by atoms with Gasteiger partial charge in [0, 0.05) is 19.2 Å². The first-order valence-electron chi connectivity index (χ1n) is 10.00. The van der Waals surface area contributed by atoms with Crippen LogP contribution in [0.25, 0.3) is 0 Å². The van der Waals surface area contributed by atoms with Crippen LogP contribution in [0.1, 0.15) is 39.5 Å². The Morgan fingerprint density at radius 1 is 1.24 bits per heavy atom. The van der Waals surface area contributed by atoms with E-state index in [1.807, 2.05) is 38.1 Å². The number of benzene rings is 1. The Bertz CT molecular complexity index is 649. The minimum atomic E-state index is -0.0630. The predicted molar refractivity (Wildman–Crippen MR) is 125 cm³/mol. The molecule has 1 unspecified atom stereocenters. The highest BCUT2D eigenvalue weighted by molar-refractivity contribution is 14.0. The number of carbonyl (C=O) groups is 1. The number of guanidine groups is 1. The van der Waals surface area contributed by atoms with E-state index in [0.29, 0.717) is 19.2 Å². The van der Waals surface area contributed by atoms with Gasteiger partial charge in [-0.05, 0) is 51.7 Å². The van der Waals surface area contributed by atoms with Crippen LogP contribution < -0.4 is 20.1 Å². The number of nitrogens with zero attached hydrogens (tertiary/aromatic N) is 1. The molecule has 1 aliphatic carbocycles.